The fourth-order valence-electron chi connectivity index (χ4n) is 1.55. The van der Waals surface area contributed by atoms with Crippen LogP contribution >= 0.6 is 0 Å². The van der Waals surface area contributed by atoms with Gasteiger partial charge in [-0.3, -0.25) is 14.6 Å². The summed E-state index contributed by atoms with van der Waals surface area (Å²) in [5, 5.41) is 8.76. The van der Waals surface area contributed by atoms with Crippen LogP contribution in [0.25, 0.3) is 0 Å². The normalized spacial score (nSPS) is 12.4. The molecule has 0 radical (unpaired) electrons. The van der Waals surface area contributed by atoms with Crippen LogP contribution in [0.2, 0.25) is 0 Å². The highest BCUT2D eigenvalue weighted by molar-refractivity contribution is 5.99. The van der Waals surface area contributed by atoms with E-state index in [0.29, 0.717) is 5.56 Å². The number of pyridine rings is 1. The molecule has 0 fully saturated rings. The number of rotatable bonds is 5. The molecule has 0 aliphatic carbocycles. The van der Waals surface area contributed by atoms with Crippen molar-refractivity contribution in [3.63, 3.8) is 0 Å². The second kappa shape index (κ2) is 5.39. The van der Waals surface area contributed by atoms with Crippen LogP contribution in [0.1, 0.15) is 30.6 Å². The quantitative estimate of drug-likeness (QED) is 0.772. The highest BCUT2D eigenvalue weighted by atomic mass is 16.4. The second-order valence-electron chi connectivity index (χ2n) is 4.05. The molecule has 1 rings (SSSR count). The van der Waals surface area contributed by atoms with E-state index in [4.69, 9.17) is 5.11 Å². The van der Waals surface area contributed by atoms with Gasteiger partial charge in [0.05, 0.1) is 6.42 Å². The van der Waals surface area contributed by atoms with Crippen LogP contribution in [0.5, 0.6) is 0 Å². The highest BCUT2D eigenvalue weighted by Gasteiger charge is 2.25. The lowest BCUT2D eigenvalue weighted by Gasteiger charge is -2.17. The molecule has 1 unspecified atom stereocenters. The number of carbonyl (C=O) groups is 2. The molecular formula is C12H15NO3. The Hall–Kier alpha value is -1.71. The Balaban J connectivity index is 2.88. The Kier molecular flexibility index (Phi) is 4.17. The van der Waals surface area contributed by atoms with E-state index in [1.165, 1.54) is 12.4 Å². The number of hydrogen-bond acceptors (Lipinski definition) is 3. The van der Waals surface area contributed by atoms with Crippen molar-refractivity contribution < 1.29 is 14.7 Å². The second-order valence-corrected chi connectivity index (χ2v) is 4.05. The summed E-state index contributed by atoms with van der Waals surface area (Å²) in [5.74, 6) is -1.53. The molecule has 86 valence electrons. The Morgan fingerprint density at radius 3 is 2.31 bits per heavy atom. The van der Waals surface area contributed by atoms with Gasteiger partial charge in [0, 0.05) is 23.9 Å². The SMILES string of the molecule is CC(C)C(CC(=O)O)C(=O)c1ccncc1. The molecular weight excluding hydrogens is 206 g/mol. The number of ketones is 1. The summed E-state index contributed by atoms with van der Waals surface area (Å²) in [6, 6.07) is 3.22. The smallest absolute Gasteiger partial charge is 0.304 e. The summed E-state index contributed by atoms with van der Waals surface area (Å²) in [5.41, 5.74) is 0.523. The van der Waals surface area contributed by atoms with Crippen molar-refractivity contribution in [2.45, 2.75) is 20.3 Å². The predicted molar refractivity (Wildman–Crippen MR) is 59.1 cm³/mol. The lowest BCUT2D eigenvalue weighted by molar-refractivity contribution is -0.138. The summed E-state index contributed by atoms with van der Waals surface area (Å²) >= 11 is 0. The van der Waals surface area contributed by atoms with Gasteiger partial charge in [0.1, 0.15) is 0 Å². The monoisotopic (exact) mass is 221 g/mol. The first kappa shape index (κ1) is 12.4. The summed E-state index contributed by atoms with van der Waals surface area (Å²) < 4.78 is 0. The standard InChI is InChI=1S/C12H15NO3/c1-8(2)10(7-11(14)15)12(16)9-3-5-13-6-4-9/h3-6,8,10H,7H2,1-2H3,(H,14,15). The topological polar surface area (TPSA) is 67.3 Å². The summed E-state index contributed by atoms with van der Waals surface area (Å²) in [6.45, 7) is 3.71. The first-order valence-corrected chi connectivity index (χ1v) is 5.18. The first-order chi connectivity index (χ1) is 7.52. The molecule has 0 aliphatic rings. The molecule has 1 atom stereocenters. The van der Waals surface area contributed by atoms with Crippen molar-refractivity contribution >= 4 is 11.8 Å². The van der Waals surface area contributed by atoms with Crippen molar-refractivity contribution in [1.82, 2.24) is 4.98 Å². The number of aromatic nitrogens is 1. The maximum absolute atomic E-state index is 12.0. The molecule has 1 heterocycles. The number of Topliss-reactive ketones (excluding diaryl/α,β-unsaturated/α-hetero) is 1. The van der Waals surface area contributed by atoms with E-state index in [2.05, 4.69) is 4.98 Å². The van der Waals surface area contributed by atoms with Gasteiger partial charge >= 0.3 is 5.97 Å². The molecule has 4 heteroatoms. The molecule has 16 heavy (non-hydrogen) atoms. The molecule has 0 spiro atoms. The Labute approximate surface area is 94.3 Å². The number of carboxylic acids is 1. The maximum atomic E-state index is 12.0. The van der Waals surface area contributed by atoms with Crippen LogP contribution in [-0.4, -0.2) is 21.8 Å². The van der Waals surface area contributed by atoms with Crippen molar-refractivity contribution in [1.29, 1.82) is 0 Å². The van der Waals surface area contributed by atoms with Gasteiger partial charge in [-0.2, -0.15) is 0 Å². The van der Waals surface area contributed by atoms with E-state index in [1.807, 2.05) is 13.8 Å². The third kappa shape index (κ3) is 3.15. The van der Waals surface area contributed by atoms with Crippen LogP contribution in [0.4, 0.5) is 0 Å². The lowest BCUT2D eigenvalue weighted by atomic mass is 9.86. The molecule has 0 amide bonds. The number of nitrogens with zero attached hydrogens (tertiary/aromatic N) is 1. The molecule has 1 aromatic rings. The zero-order chi connectivity index (χ0) is 12.1. The zero-order valence-electron chi connectivity index (χ0n) is 9.38. The van der Waals surface area contributed by atoms with Crippen LogP contribution in [-0.2, 0) is 4.79 Å². The molecule has 4 nitrogen and oxygen atoms in total. The van der Waals surface area contributed by atoms with Crippen LogP contribution in [0.3, 0.4) is 0 Å². The summed E-state index contributed by atoms with van der Waals surface area (Å²) in [7, 11) is 0. The molecule has 0 saturated carbocycles. The van der Waals surface area contributed by atoms with Crippen LogP contribution in [0, 0.1) is 11.8 Å². The largest absolute Gasteiger partial charge is 0.481 e. The zero-order valence-corrected chi connectivity index (χ0v) is 9.38. The Bertz CT molecular complexity index is 373. The minimum absolute atomic E-state index is 0.0109. The van der Waals surface area contributed by atoms with Gasteiger partial charge in [-0.25, -0.2) is 0 Å². The van der Waals surface area contributed by atoms with E-state index < -0.39 is 11.9 Å². The average molecular weight is 221 g/mol. The van der Waals surface area contributed by atoms with E-state index in [1.54, 1.807) is 12.1 Å². The van der Waals surface area contributed by atoms with Gasteiger partial charge in [-0.05, 0) is 18.1 Å². The minimum atomic E-state index is -0.943. The third-order valence-corrected chi connectivity index (χ3v) is 2.50. The molecule has 0 aromatic carbocycles. The average Bonchev–Trinajstić information content (AvgIpc) is 2.25. The predicted octanol–water partition coefficient (Wildman–Crippen LogP) is 2.01. The van der Waals surface area contributed by atoms with E-state index in [9.17, 15) is 9.59 Å². The van der Waals surface area contributed by atoms with Crippen molar-refractivity contribution in [3.8, 4) is 0 Å². The molecule has 1 aromatic heterocycles. The van der Waals surface area contributed by atoms with Crippen molar-refractivity contribution in [2.24, 2.45) is 11.8 Å². The third-order valence-electron chi connectivity index (χ3n) is 2.50. The summed E-state index contributed by atoms with van der Waals surface area (Å²) in [6.07, 6.45) is 2.94. The van der Waals surface area contributed by atoms with Gasteiger partial charge < -0.3 is 5.11 Å². The van der Waals surface area contributed by atoms with E-state index in [-0.39, 0.29) is 18.1 Å². The number of carbonyl (C=O) groups excluding carboxylic acids is 1. The van der Waals surface area contributed by atoms with Gasteiger partial charge in [0.15, 0.2) is 5.78 Å². The van der Waals surface area contributed by atoms with Crippen molar-refractivity contribution in [2.75, 3.05) is 0 Å². The fraction of sp³-hybridized carbons (Fsp3) is 0.417. The van der Waals surface area contributed by atoms with Gasteiger partial charge in [0.2, 0.25) is 0 Å². The first-order valence-electron chi connectivity index (χ1n) is 5.18. The van der Waals surface area contributed by atoms with Crippen LogP contribution in [0.15, 0.2) is 24.5 Å². The van der Waals surface area contributed by atoms with Crippen LogP contribution < -0.4 is 0 Å². The molecule has 0 aliphatic heterocycles. The Morgan fingerprint density at radius 2 is 1.88 bits per heavy atom. The number of carboxylic acid groups (broad SMARTS) is 1. The minimum Gasteiger partial charge on any atom is -0.481 e. The van der Waals surface area contributed by atoms with Gasteiger partial charge in [-0.1, -0.05) is 13.8 Å². The molecule has 0 bridgehead atoms. The maximum Gasteiger partial charge on any atom is 0.304 e. The highest BCUT2D eigenvalue weighted by Crippen LogP contribution is 2.20. The summed E-state index contributed by atoms with van der Waals surface area (Å²) in [4.78, 5) is 26.5. The van der Waals surface area contributed by atoms with E-state index in [0.717, 1.165) is 0 Å². The lowest BCUT2D eigenvalue weighted by Crippen LogP contribution is -2.23. The number of aliphatic carboxylic acids is 1. The number of hydrogen-bond donors (Lipinski definition) is 1. The van der Waals surface area contributed by atoms with Gasteiger partial charge in [0.25, 0.3) is 0 Å². The van der Waals surface area contributed by atoms with Gasteiger partial charge in [-0.15, -0.1) is 0 Å². The van der Waals surface area contributed by atoms with Crippen molar-refractivity contribution in [3.05, 3.63) is 30.1 Å². The van der Waals surface area contributed by atoms with E-state index >= 15 is 0 Å². The fourth-order valence-corrected chi connectivity index (χ4v) is 1.55. The Morgan fingerprint density at radius 1 is 1.31 bits per heavy atom. The molecule has 1 N–H and O–H groups in total. The molecule has 0 saturated heterocycles.